The maximum atomic E-state index is 12.8. The van der Waals surface area contributed by atoms with Crippen molar-refractivity contribution in [3.05, 3.63) is 102 Å². The van der Waals surface area contributed by atoms with Gasteiger partial charge < -0.3 is 19.7 Å². The van der Waals surface area contributed by atoms with Gasteiger partial charge in [0.1, 0.15) is 0 Å². The van der Waals surface area contributed by atoms with Crippen molar-refractivity contribution in [2.75, 3.05) is 6.61 Å². The number of carbonyl (C=O) groups is 1. The van der Waals surface area contributed by atoms with Crippen LogP contribution in [-0.2, 0) is 0 Å². The normalized spacial score (nSPS) is 10.8. The van der Waals surface area contributed by atoms with Crippen LogP contribution in [0, 0.1) is 20.8 Å². The number of aryl methyl sites for hydroxylation is 3. The number of hydrogen-bond acceptors (Lipinski definition) is 5. The quantitative estimate of drug-likeness (QED) is 0.227. The number of aromatic nitrogens is 4. The lowest BCUT2D eigenvalue weighted by molar-refractivity contribution is 0.0727. The van der Waals surface area contributed by atoms with Gasteiger partial charge in [-0.3, -0.25) is 19.8 Å². The SMILES string of the molecule is CCOc1cc(C(c2c(C)[nH][nH]c2=O)c2c(C)[nH][nH]c2=O)ccc1OC(=O)c1ccccc1C.Cl. The predicted molar refractivity (Wildman–Crippen MR) is 134 cm³/mol. The predicted octanol–water partition coefficient (Wildman–Crippen LogP) is 3.86. The molecule has 0 aliphatic rings. The van der Waals surface area contributed by atoms with E-state index >= 15 is 0 Å². The van der Waals surface area contributed by atoms with E-state index in [4.69, 9.17) is 9.47 Å². The fraction of sp³-hybridized carbons (Fsp3) is 0.240. The highest BCUT2D eigenvalue weighted by Gasteiger charge is 2.29. The van der Waals surface area contributed by atoms with Crippen LogP contribution in [0.4, 0.5) is 0 Å². The molecule has 0 unspecified atom stereocenters. The van der Waals surface area contributed by atoms with E-state index in [1.165, 1.54) is 0 Å². The molecule has 0 spiro atoms. The van der Waals surface area contributed by atoms with Gasteiger partial charge in [0.25, 0.3) is 11.1 Å². The molecule has 184 valence electrons. The van der Waals surface area contributed by atoms with E-state index in [-0.39, 0.29) is 29.3 Å². The second-order valence-corrected chi connectivity index (χ2v) is 8.01. The van der Waals surface area contributed by atoms with Crippen LogP contribution in [0.5, 0.6) is 11.5 Å². The number of esters is 1. The summed E-state index contributed by atoms with van der Waals surface area (Å²) in [5.74, 6) is -0.595. The zero-order valence-electron chi connectivity index (χ0n) is 19.8. The van der Waals surface area contributed by atoms with Gasteiger partial charge in [-0.2, -0.15) is 0 Å². The lowest BCUT2D eigenvalue weighted by atomic mass is 9.85. The molecule has 4 aromatic rings. The Hall–Kier alpha value is -3.98. The van der Waals surface area contributed by atoms with Gasteiger partial charge in [-0.05, 0) is 57.0 Å². The van der Waals surface area contributed by atoms with Crippen LogP contribution < -0.4 is 20.6 Å². The third-order valence-corrected chi connectivity index (χ3v) is 5.77. The fourth-order valence-corrected chi connectivity index (χ4v) is 4.10. The van der Waals surface area contributed by atoms with Crippen LogP contribution in [0.3, 0.4) is 0 Å². The first-order valence-electron chi connectivity index (χ1n) is 10.9. The lowest BCUT2D eigenvalue weighted by Gasteiger charge is -2.18. The monoisotopic (exact) mass is 498 g/mol. The van der Waals surface area contributed by atoms with E-state index in [2.05, 4.69) is 20.4 Å². The zero-order chi connectivity index (χ0) is 24.4. The highest BCUT2D eigenvalue weighted by molar-refractivity contribution is 5.92. The molecule has 0 saturated heterocycles. The molecule has 9 nitrogen and oxygen atoms in total. The summed E-state index contributed by atoms with van der Waals surface area (Å²) in [7, 11) is 0. The third kappa shape index (κ3) is 4.95. The van der Waals surface area contributed by atoms with Crippen molar-refractivity contribution in [1.29, 1.82) is 0 Å². The molecule has 2 aromatic carbocycles. The Morgan fingerprint density at radius 3 is 1.97 bits per heavy atom. The number of H-pyrrole nitrogens is 4. The molecule has 0 bridgehead atoms. The van der Waals surface area contributed by atoms with Crippen molar-refractivity contribution in [1.82, 2.24) is 20.4 Å². The number of halogens is 1. The summed E-state index contributed by atoms with van der Waals surface area (Å²) in [5, 5.41) is 10.8. The topological polar surface area (TPSA) is 133 Å². The van der Waals surface area contributed by atoms with Crippen molar-refractivity contribution >= 4 is 18.4 Å². The molecule has 10 heteroatoms. The Kier molecular flexibility index (Phi) is 7.71. The Morgan fingerprint density at radius 2 is 1.46 bits per heavy atom. The standard InChI is InChI=1S/C25H26N4O5.ClH/c1-5-33-19-12-16(10-11-18(19)34-25(32)17-9-7-6-8-13(17)2)22(20-14(3)26-28-23(20)30)21-15(4)27-29-24(21)31;/h6-12,22H,5H2,1-4H3,(H2,26,28,30)(H2,27,29,31);1H. The number of ether oxygens (including phenoxy) is 2. The van der Waals surface area contributed by atoms with Crippen LogP contribution in [0.2, 0.25) is 0 Å². The first kappa shape index (κ1) is 25.6. The van der Waals surface area contributed by atoms with Crippen molar-refractivity contribution in [2.45, 2.75) is 33.6 Å². The molecule has 0 amide bonds. The van der Waals surface area contributed by atoms with Gasteiger partial charge in [0.05, 0.1) is 23.3 Å². The van der Waals surface area contributed by atoms with Crippen molar-refractivity contribution < 1.29 is 14.3 Å². The first-order valence-corrected chi connectivity index (χ1v) is 10.9. The molecule has 35 heavy (non-hydrogen) atoms. The molecule has 2 aromatic heterocycles. The van der Waals surface area contributed by atoms with E-state index in [1.807, 2.05) is 26.0 Å². The van der Waals surface area contributed by atoms with Crippen LogP contribution in [0.25, 0.3) is 0 Å². The molecule has 2 heterocycles. The molecule has 4 rings (SSSR count). The van der Waals surface area contributed by atoms with Gasteiger partial charge in [-0.1, -0.05) is 24.3 Å². The highest BCUT2D eigenvalue weighted by atomic mass is 35.5. The largest absolute Gasteiger partial charge is 0.490 e. The second kappa shape index (κ2) is 10.5. The van der Waals surface area contributed by atoms with Gasteiger partial charge in [-0.15, -0.1) is 12.4 Å². The van der Waals surface area contributed by atoms with Crippen molar-refractivity contribution in [2.24, 2.45) is 0 Å². The molecular weight excluding hydrogens is 472 g/mol. The van der Waals surface area contributed by atoms with E-state index in [0.717, 1.165) is 5.56 Å². The van der Waals surface area contributed by atoms with E-state index in [9.17, 15) is 14.4 Å². The molecule has 0 atom stereocenters. The van der Waals surface area contributed by atoms with E-state index in [0.29, 0.717) is 46.0 Å². The minimum absolute atomic E-state index is 0. The Morgan fingerprint density at radius 1 is 0.857 bits per heavy atom. The smallest absolute Gasteiger partial charge is 0.343 e. The summed E-state index contributed by atoms with van der Waals surface area (Å²) in [6.07, 6.45) is 0. The lowest BCUT2D eigenvalue weighted by Crippen LogP contribution is -2.20. The average molecular weight is 499 g/mol. The van der Waals surface area contributed by atoms with Crippen LogP contribution >= 0.6 is 12.4 Å². The van der Waals surface area contributed by atoms with Crippen LogP contribution in [0.15, 0.2) is 52.1 Å². The molecule has 4 N–H and O–H groups in total. The summed E-state index contributed by atoms with van der Waals surface area (Å²) in [6, 6.07) is 12.2. The van der Waals surface area contributed by atoms with Gasteiger partial charge in [0.2, 0.25) is 0 Å². The Bertz CT molecular complexity index is 1410. The number of carbonyl (C=O) groups excluding carboxylic acids is 1. The van der Waals surface area contributed by atoms with E-state index in [1.54, 1.807) is 44.2 Å². The van der Waals surface area contributed by atoms with Crippen molar-refractivity contribution in [3.63, 3.8) is 0 Å². The molecule has 0 saturated carbocycles. The summed E-state index contributed by atoms with van der Waals surface area (Å²) in [6.45, 7) is 7.51. The van der Waals surface area contributed by atoms with Crippen molar-refractivity contribution in [3.8, 4) is 11.5 Å². The van der Waals surface area contributed by atoms with E-state index < -0.39 is 11.9 Å². The maximum absolute atomic E-state index is 12.8. The minimum atomic E-state index is -0.676. The summed E-state index contributed by atoms with van der Waals surface area (Å²) >= 11 is 0. The summed E-state index contributed by atoms with van der Waals surface area (Å²) in [4.78, 5) is 38.1. The molecule has 0 aliphatic carbocycles. The minimum Gasteiger partial charge on any atom is -0.490 e. The third-order valence-electron chi connectivity index (χ3n) is 5.77. The Balaban J connectivity index is 0.00000342. The zero-order valence-corrected chi connectivity index (χ0v) is 20.6. The summed E-state index contributed by atoms with van der Waals surface area (Å²) < 4.78 is 11.4. The Labute approximate surface area is 207 Å². The molecule has 0 radical (unpaired) electrons. The average Bonchev–Trinajstić information content (AvgIpc) is 3.32. The second-order valence-electron chi connectivity index (χ2n) is 8.01. The fourth-order valence-electron chi connectivity index (χ4n) is 4.10. The maximum Gasteiger partial charge on any atom is 0.343 e. The highest BCUT2D eigenvalue weighted by Crippen LogP contribution is 2.37. The summed E-state index contributed by atoms with van der Waals surface area (Å²) in [5.41, 5.74) is 3.31. The van der Waals surface area contributed by atoms with Crippen LogP contribution in [-0.4, -0.2) is 33.0 Å². The number of benzene rings is 2. The number of nitrogens with one attached hydrogen (secondary N) is 4. The van der Waals surface area contributed by atoms with Crippen LogP contribution in [0.1, 0.15) is 56.8 Å². The number of rotatable bonds is 7. The number of hydrogen-bond donors (Lipinski definition) is 4. The molecule has 0 aliphatic heterocycles. The van der Waals surface area contributed by atoms with Gasteiger partial charge in [0.15, 0.2) is 11.5 Å². The van der Waals surface area contributed by atoms with Gasteiger partial charge >= 0.3 is 5.97 Å². The first-order chi connectivity index (χ1) is 16.3. The van der Waals surface area contributed by atoms with Gasteiger partial charge in [0, 0.05) is 17.3 Å². The van der Waals surface area contributed by atoms with Gasteiger partial charge in [-0.25, -0.2) is 4.79 Å². The molecular formula is C25H27ClN4O5. The number of aromatic amines is 4. The molecule has 0 fully saturated rings.